The Bertz CT molecular complexity index is 1410. The molecule has 0 spiro atoms. The highest BCUT2D eigenvalue weighted by atomic mass is 79.9. The molecule has 1 aromatic heterocycles. The molecule has 2 aromatic carbocycles. The molecule has 2 saturated heterocycles. The maximum absolute atomic E-state index is 13.6. The molecule has 0 radical (unpaired) electrons. The number of anilines is 5. The molecule has 2 aliphatic heterocycles. The minimum absolute atomic E-state index is 0.0706. The number of halogens is 3. The second-order valence-corrected chi connectivity index (χ2v) is 14.8. The molecule has 5 rings (SSSR count). The summed E-state index contributed by atoms with van der Waals surface area (Å²) in [5, 5.41) is 7.80. The van der Waals surface area contributed by atoms with Crippen LogP contribution in [0.3, 0.4) is 0 Å². The average molecular weight is 677 g/mol. The molecule has 3 heterocycles. The fourth-order valence-corrected chi connectivity index (χ4v) is 7.21. The Morgan fingerprint density at radius 1 is 0.977 bits per heavy atom. The third-order valence-electron chi connectivity index (χ3n) is 8.25. The number of likely N-dealkylation sites (N-methyl/N-ethyl adjacent to an activating group) is 1. The summed E-state index contributed by atoms with van der Waals surface area (Å²) in [4.78, 5) is 16.3. The molecule has 232 valence electrons. The molecule has 0 saturated carbocycles. The minimum Gasteiger partial charge on any atom is -0.433 e. The van der Waals surface area contributed by atoms with Gasteiger partial charge in [-0.2, -0.15) is 13.8 Å². The highest BCUT2D eigenvalue weighted by Crippen LogP contribution is 2.38. The van der Waals surface area contributed by atoms with Crippen LogP contribution in [-0.2, 0) is 0 Å². The van der Waals surface area contributed by atoms with E-state index in [2.05, 4.69) is 96.7 Å². The first kappa shape index (κ1) is 31.8. The maximum Gasteiger partial charge on any atom is 0.387 e. The van der Waals surface area contributed by atoms with Crippen LogP contribution >= 0.6 is 23.9 Å². The summed E-state index contributed by atoms with van der Waals surface area (Å²) in [7, 11) is 1.82. The van der Waals surface area contributed by atoms with Crippen molar-refractivity contribution in [2.75, 3.05) is 75.2 Å². The summed E-state index contributed by atoms with van der Waals surface area (Å²) in [5.74, 6) is 0.919. The first-order valence-electron chi connectivity index (χ1n) is 14.7. The van der Waals surface area contributed by atoms with Crippen molar-refractivity contribution in [3.8, 4) is 5.75 Å². The van der Waals surface area contributed by atoms with Crippen molar-refractivity contribution >= 4 is 58.0 Å². The number of alkyl halides is 2. The number of hydrogen-bond acceptors (Lipinski definition) is 8. The van der Waals surface area contributed by atoms with Gasteiger partial charge < -0.3 is 25.2 Å². The van der Waals surface area contributed by atoms with Crippen LogP contribution in [0.4, 0.5) is 37.6 Å². The van der Waals surface area contributed by atoms with E-state index in [-0.39, 0.29) is 19.6 Å². The van der Waals surface area contributed by atoms with Gasteiger partial charge in [-0.25, -0.2) is 4.98 Å². The highest BCUT2D eigenvalue weighted by Gasteiger charge is 2.28. The lowest BCUT2D eigenvalue weighted by atomic mass is 10.0. The average Bonchev–Trinajstić information content (AvgIpc) is 2.97. The lowest BCUT2D eigenvalue weighted by molar-refractivity contribution is -0.0493. The normalized spacial score (nSPS) is 17.1. The van der Waals surface area contributed by atoms with Crippen LogP contribution in [0.5, 0.6) is 5.75 Å². The highest BCUT2D eigenvalue weighted by molar-refractivity contribution is 9.10. The predicted octanol–water partition coefficient (Wildman–Crippen LogP) is 6.53. The second kappa shape index (κ2) is 14.0. The molecule has 0 bridgehead atoms. The zero-order chi connectivity index (χ0) is 30.7. The van der Waals surface area contributed by atoms with E-state index in [1.165, 1.54) is 10.9 Å². The molecule has 8 nitrogen and oxygen atoms in total. The summed E-state index contributed by atoms with van der Waals surface area (Å²) in [6.45, 7) is 11.7. The molecule has 2 fully saturated rings. The van der Waals surface area contributed by atoms with Crippen LogP contribution in [0.2, 0.25) is 0 Å². The van der Waals surface area contributed by atoms with Gasteiger partial charge in [0.15, 0.2) is 5.75 Å². The minimum atomic E-state index is -2.96. The van der Waals surface area contributed by atoms with E-state index in [0.29, 0.717) is 22.0 Å². The van der Waals surface area contributed by atoms with Crippen LogP contribution in [-0.4, -0.2) is 92.1 Å². The number of benzene rings is 2. The first-order chi connectivity index (χ1) is 20.6. The molecule has 2 aliphatic rings. The smallest absolute Gasteiger partial charge is 0.387 e. The Kier molecular flexibility index (Phi) is 10.4. The monoisotopic (exact) mass is 675 g/mol. The van der Waals surface area contributed by atoms with Gasteiger partial charge in [-0.05, 0) is 92.1 Å². The van der Waals surface area contributed by atoms with Crippen molar-refractivity contribution in [1.29, 1.82) is 0 Å². The van der Waals surface area contributed by atoms with Gasteiger partial charge in [0.2, 0.25) is 5.95 Å². The van der Waals surface area contributed by atoms with E-state index in [4.69, 9.17) is 4.74 Å². The largest absolute Gasteiger partial charge is 0.433 e. The van der Waals surface area contributed by atoms with Gasteiger partial charge in [0.1, 0.15) is 5.82 Å². The summed E-state index contributed by atoms with van der Waals surface area (Å²) in [5.41, 5.74) is 4.46. The van der Waals surface area contributed by atoms with Crippen molar-refractivity contribution in [3.05, 3.63) is 52.1 Å². The molecule has 3 aromatic rings. The summed E-state index contributed by atoms with van der Waals surface area (Å²) in [6.07, 6.45) is 3.75. The Hall–Kier alpha value is -2.59. The molecule has 0 amide bonds. The molecule has 0 aliphatic carbocycles. The fourth-order valence-electron chi connectivity index (χ4n) is 5.85. The number of piperidine rings is 1. The topological polar surface area (TPSA) is 68.8 Å². The summed E-state index contributed by atoms with van der Waals surface area (Å²) < 4.78 is 32.9. The van der Waals surface area contributed by atoms with E-state index in [1.807, 2.05) is 13.0 Å². The maximum atomic E-state index is 13.6. The third kappa shape index (κ3) is 7.93. The molecular formula is C31H41BrF2N7OP. The van der Waals surface area contributed by atoms with Crippen LogP contribution in [0.15, 0.2) is 41.0 Å². The van der Waals surface area contributed by atoms with Crippen LogP contribution in [0, 0.1) is 13.8 Å². The number of rotatable bonds is 9. The van der Waals surface area contributed by atoms with Gasteiger partial charge in [0.25, 0.3) is 0 Å². The van der Waals surface area contributed by atoms with Gasteiger partial charge in [-0.1, -0.05) is 19.6 Å². The number of nitrogens with zero attached hydrogens (tertiary/aromatic N) is 5. The third-order valence-corrected chi connectivity index (χ3v) is 10.2. The molecule has 0 unspecified atom stereocenters. The summed E-state index contributed by atoms with van der Waals surface area (Å²) >= 11 is 3.55. The zero-order valence-electron chi connectivity index (χ0n) is 25.5. The van der Waals surface area contributed by atoms with E-state index >= 15 is 0 Å². The molecule has 43 heavy (non-hydrogen) atoms. The number of piperazine rings is 1. The fraction of sp³-hybridized carbons (Fsp3) is 0.484. The lowest BCUT2D eigenvalue weighted by Gasteiger charge is -2.43. The molecular weight excluding hydrogens is 635 g/mol. The van der Waals surface area contributed by atoms with E-state index < -0.39 is 6.61 Å². The quantitative estimate of drug-likeness (QED) is 0.248. The van der Waals surface area contributed by atoms with Gasteiger partial charge in [-0.3, -0.25) is 4.90 Å². The van der Waals surface area contributed by atoms with Gasteiger partial charge in [0.05, 0.1) is 10.2 Å². The Labute approximate surface area is 263 Å². The van der Waals surface area contributed by atoms with Gasteiger partial charge >= 0.3 is 6.61 Å². The van der Waals surface area contributed by atoms with Crippen LogP contribution in [0.25, 0.3) is 0 Å². The van der Waals surface area contributed by atoms with Crippen molar-refractivity contribution in [1.82, 2.24) is 19.8 Å². The second-order valence-electron chi connectivity index (χ2n) is 11.6. The first-order valence-corrected chi connectivity index (χ1v) is 17.7. The SMILES string of the molecule is Cc1ccc(Nc2nc(Nc3cc(C)c(N4CCC(N5CCN(C)CC5)CC4)cc3OC(F)F)ncc2Br)c(P(C)C)c1. The number of nitrogens with one attached hydrogen (secondary N) is 2. The van der Waals surface area contributed by atoms with Crippen molar-refractivity contribution < 1.29 is 13.5 Å². The number of ether oxygens (including phenoxy) is 1. The van der Waals surface area contributed by atoms with Crippen molar-refractivity contribution in [3.63, 3.8) is 0 Å². The van der Waals surface area contributed by atoms with Crippen LogP contribution < -0.4 is 25.6 Å². The molecule has 0 atom stereocenters. The number of hydrogen-bond donors (Lipinski definition) is 2. The Balaban J connectivity index is 1.34. The predicted molar refractivity (Wildman–Crippen MR) is 178 cm³/mol. The Morgan fingerprint density at radius 2 is 1.70 bits per heavy atom. The number of aryl methyl sites for hydroxylation is 2. The molecule has 2 N–H and O–H groups in total. The van der Waals surface area contributed by atoms with Gasteiger partial charge in [-0.15, -0.1) is 0 Å². The molecule has 12 heteroatoms. The Morgan fingerprint density at radius 3 is 2.37 bits per heavy atom. The van der Waals surface area contributed by atoms with E-state index in [1.54, 1.807) is 12.3 Å². The summed E-state index contributed by atoms with van der Waals surface area (Å²) in [6, 6.07) is 10.4. The van der Waals surface area contributed by atoms with E-state index in [9.17, 15) is 8.78 Å². The zero-order valence-corrected chi connectivity index (χ0v) is 28.0. The standard InChI is InChI=1S/C31H41BrF2N7OP/c1-20-6-7-24(28(16-20)43(4)5)36-29-23(32)19-35-31(38-29)37-25-17-21(2)26(18-27(25)42-30(33)34)41-10-8-22(9-11-41)40-14-12-39(3)13-15-40/h6-7,16-19,22,30H,8-15H2,1-5H3,(H2,35,36,37,38). The lowest BCUT2D eigenvalue weighted by Crippen LogP contribution is -2.52. The van der Waals surface area contributed by atoms with Crippen molar-refractivity contribution in [2.45, 2.75) is 39.3 Å². The van der Waals surface area contributed by atoms with Crippen LogP contribution in [0.1, 0.15) is 24.0 Å². The van der Waals surface area contributed by atoms with Gasteiger partial charge in [0, 0.05) is 68.9 Å². The van der Waals surface area contributed by atoms with Crippen molar-refractivity contribution in [2.24, 2.45) is 0 Å². The van der Waals surface area contributed by atoms with E-state index in [0.717, 1.165) is 69.0 Å². The number of aromatic nitrogens is 2.